The van der Waals surface area contributed by atoms with Crippen LogP contribution in [0.5, 0.6) is 11.5 Å². The number of methoxy groups -OCH3 is 1. The highest BCUT2D eigenvalue weighted by atomic mass is 16.5. The number of carbonyl (C=O) groups excluding carboxylic acids is 1. The number of nitrogens with zero attached hydrogens (tertiary/aromatic N) is 4. The molecule has 1 amide bonds. The summed E-state index contributed by atoms with van der Waals surface area (Å²) < 4.78 is 13.4. The van der Waals surface area contributed by atoms with Gasteiger partial charge in [-0.1, -0.05) is 18.2 Å². The van der Waals surface area contributed by atoms with Crippen molar-refractivity contribution in [3.05, 3.63) is 60.4 Å². The Labute approximate surface area is 193 Å². The van der Waals surface area contributed by atoms with Crippen LogP contribution in [0.25, 0.3) is 5.69 Å². The molecule has 33 heavy (non-hydrogen) atoms. The van der Waals surface area contributed by atoms with Crippen LogP contribution < -0.4 is 19.9 Å². The maximum Gasteiger partial charge on any atom is 0.414 e. The van der Waals surface area contributed by atoms with Gasteiger partial charge in [0, 0.05) is 37.8 Å². The molecule has 0 unspecified atom stereocenters. The summed E-state index contributed by atoms with van der Waals surface area (Å²) >= 11 is 0. The Bertz CT molecular complexity index is 1120. The number of anilines is 2. The standard InChI is InChI=1S/C25H29N5O3/c1-18-8-9-21-22(30(18)25(31)32-2)10-11-23(24(21)33-20-6-4-3-5-7-20)29-17-19(16-27-29)28-14-12-26-13-15-28/h3-7,10-11,16-18,26H,8-9,12-15H2,1-2H3/t18-/m0/s1. The molecule has 3 aromatic rings. The van der Waals surface area contributed by atoms with Crippen molar-refractivity contribution in [2.75, 3.05) is 43.1 Å². The highest BCUT2D eigenvalue weighted by Gasteiger charge is 2.32. The number of fused-ring (bicyclic) bond motifs is 1. The smallest absolute Gasteiger partial charge is 0.414 e. The monoisotopic (exact) mass is 447 g/mol. The fourth-order valence-corrected chi connectivity index (χ4v) is 4.60. The third-order valence-electron chi connectivity index (χ3n) is 6.36. The normalized spacial score (nSPS) is 18.1. The average molecular weight is 448 g/mol. The Hall–Kier alpha value is -3.52. The number of benzene rings is 2. The predicted octanol–water partition coefficient (Wildman–Crippen LogP) is 3.98. The number of hydrogen-bond donors (Lipinski definition) is 1. The number of hydrogen-bond acceptors (Lipinski definition) is 6. The lowest BCUT2D eigenvalue weighted by Crippen LogP contribution is -2.43. The Balaban J connectivity index is 1.59. The first-order chi connectivity index (χ1) is 16.2. The van der Waals surface area contributed by atoms with Gasteiger partial charge in [-0.25, -0.2) is 9.48 Å². The molecule has 1 aromatic heterocycles. The maximum absolute atomic E-state index is 12.6. The summed E-state index contributed by atoms with van der Waals surface area (Å²) in [5.41, 5.74) is 3.74. The largest absolute Gasteiger partial charge is 0.455 e. The van der Waals surface area contributed by atoms with Gasteiger partial charge in [0.25, 0.3) is 0 Å². The van der Waals surface area contributed by atoms with E-state index in [4.69, 9.17) is 9.47 Å². The summed E-state index contributed by atoms with van der Waals surface area (Å²) in [7, 11) is 1.42. The first kappa shape index (κ1) is 21.3. The van der Waals surface area contributed by atoms with Crippen molar-refractivity contribution in [3.63, 3.8) is 0 Å². The number of ether oxygens (including phenoxy) is 2. The molecule has 1 fully saturated rings. The number of para-hydroxylation sites is 1. The molecule has 172 valence electrons. The molecule has 0 aliphatic carbocycles. The second-order valence-corrected chi connectivity index (χ2v) is 8.43. The molecular weight excluding hydrogens is 418 g/mol. The summed E-state index contributed by atoms with van der Waals surface area (Å²) in [6.07, 6.45) is 5.21. The SMILES string of the molecule is COC(=O)N1c2ccc(-n3cc(N4CCNCC4)cn3)c(Oc3ccccc3)c2CC[C@@H]1C. The average Bonchev–Trinajstić information content (AvgIpc) is 3.35. The van der Waals surface area contributed by atoms with Crippen LogP contribution in [0.2, 0.25) is 0 Å². The maximum atomic E-state index is 12.6. The van der Waals surface area contributed by atoms with E-state index in [1.165, 1.54) is 7.11 Å². The lowest BCUT2D eigenvalue weighted by Gasteiger charge is -2.35. The van der Waals surface area contributed by atoms with Crippen molar-refractivity contribution in [1.82, 2.24) is 15.1 Å². The van der Waals surface area contributed by atoms with Crippen molar-refractivity contribution in [2.24, 2.45) is 0 Å². The number of carbonyl (C=O) groups is 1. The third kappa shape index (κ3) is 4.14. The molecule has 3 heterocycles. The molecule has 1 N–H and O–H groups in total. The van der Waals surface area contributed by atoms with E-state index in [0.717, 1.165) is 73.1 Å². The highest BCUT2D eigenvalue weighted by Crippen LogP contribution is 2.42. The third-order valence-corrected chi connectivity index (χ3v) is 6.36. The van der Waals surface area contributed by atoms with Gasteiger partial charge in [0.05, 0.1) is 30.9 Å². The van der Waals surface area contributed by atoms with Crippen molar-refractivity contribution in [2.45, 2.75) is 25.8 Å². The van der Waals surface area contributed by atoms with E-state index in [9.17, 15) is 4.79 Å². The summed E-state index contributed by atoms with van der Waals surface area (Å²) in [5, 5.41) is 8.05. The second kappa shape index (κ2) is 9.15. The van der Waals surface area contributed by atoms with Gasteiger partial charge in [-0.05, 0) is 44.0 Å². The quantitative estimate of drug-likeness (QED) is 0.652. The minimum atomic E-state index is -0.359. The van der Waals surface area contributed by atoms with E-state index in [0.29, 0.717) is 0 Å². The van der Waals surface area contributed by atoms with Crippen LogP contribution in [-0.4, -0.2) is 55.2 Å². The topological polar surface area (TPSA) is 71.9 Å². The molecule has 2 aromatic carbocycles. The van der Waals surface area contributed by atoms with Crippen LogP contribution in [0.1, 0.15) is 18.9 Å². The summed E-state index contributed by atoms with van der Waals surface area (Å²) in [5.74, 6) is 1.46. The number of nitrogens with one attached hydrogen (secondary N) is 1. The highest BCUT2D eigenvalue weighted by molar-refractivity contribution is 5.91. The molecule has 0 bridgehead atoms. The van der Waals surface area contributed by atoms with Crippen LogP contribution >= 0.6 is 0 Å². The number of rotatable bonds is 4. The van der Waals surface area contributed by atoms with Crippen LogP contribution in [0, 0.1) is 0 Å². The van der Waals surface area contributed by atoms with Gasteiger partial charge in [-0.3, -0.25) is 4.90 Å². The molecule has 2 aliphatic heterocycles. The summed E-state index contributed by atoms with van der Waals surface area (Å²) in [4.78, 5) is 16.6. The Morgan fingerprint density at radius 3 is 2.61 bits per heavy atom. The zero-order valence-electron chi connectivity index (χ0n) is 19.0. The van der Waals surface area contributed by atoms with E-state index in [1.54, 1.807) is 4.90 Å². The van der Waals surface area contributed by atoms with Crippen LogP contribution in [0.15, 0.2) is 54.9 Å². The number of amides is 1. The molecule has 0 radical (unpaired) electrons. The number of piperazine rings is 1. The van der Waals surface area contributed by atoms with Crippen molar-refractivity contribution in [1.29, 1.82) is 0 Å². The predicted molar refractivity (Wildman–Crippen MR) is 128 cm³/mol. The van der Waals surface area contributed by atoms with E-state index >= 15 is 0 Å². The van der Waals surface area contributed by atoms with Crippen molar-refractivity contribution in [3.8, 4) is 17.2 Å². The first-order valence-electron chi connectivity index (χ1n) is 11.4. The van der Waals surface area contributed by atoms with Crippen molar-refractivity contribution >= 4 is 17.5 Å². The number of aromatic nitrogens is 2. The fourth-order valence-electron chi connectivity index (χ4n) is 4.60. The minimum Gasteiger partial charge on any atom is -0.455 e. The van der Waals surface area contributed by atoms with Gasteiger partial charge in [0.15, 0.2) is 5.75 Å². The molecule has 1 saturated heterocycles. The molecule has 1 atom stereocenters. The molecule has 8 heteroatoms. The van der Waals surface area contributed by atoms with E-state index in [2.05, 4.69) is 21.5 Å². The minimum absolute atomic E-state index is 0.0457. The van der Waals surface area contributed by atoms with Crippen LogP contribution in [0.4, 0.5) is 16.2 Å². The summed E-state index contributed by atoms with van der Waals surface area (Å²) in [6.45, 7) is 5.88. The van der Waals surface area contributed by atoms with Gasteiger partial charge in [-0.2, -0.15) is 5.10 Å². The Morgan fingerprint density at radius 2 is 1.85 bits per heavy atom. The van der Waals surface area contributed by atoms with Gasteiger partial charge in [0.2, 0.25) is 0 Å². The molecule has 2 aliphatic rings. The van der Waals surface area contributed by atoms with E-state index in [-0.39, 0.29) is 12.1 Å². The second-order valence-electron chi connectivity index (χ2n) is 8.43. The van der Waals surface area contributed by atoms with Gasteiger partial charge in [-0.15, -0.1) is 0 Å². The Morgan fingerprint density at radius 1 is 1.09 bits per heavy atom. The molecular formula is C25H29N5O3. The molecule has 5 rings (SSSR count). The van der Waals surface area contributed by atoms with E-state index in [1.807, 2.05) is 60.3 Å². The van der Waals surface area contributed by atoms with Crippen molar-refractivity contribution < 1.29 is 14.3 Å². The zero-order valence-corrected chi connectivity index (χ0v) is 19.0. The molecule has 0 spiro atoms. The molecule has 8 nitrogen and oxygen atoms in total. The first-order valence-corrected chi connectivity index (χ1v) is 11.4. The lowest BCUT2D eigenvalue weighted by molar-refractivity contribution is 0.175. The Kier molecular flexibility index (Phi) is 5.92. The summed E-state index contributed by atoms with van der Waals surface area (Å²) in [6, 6.07) is 13.7. The zero-order chi connectivity index (χ0) is 22.8. The van der Waals surface area contributed by atoms with Gasteiger partial charge >= 0.3 is 6.09 Å². The van der Waals surface area contributed by atoms with Crippen LogP contribution in [0.3, 0.4) is 0 Å². The molecule has 0 saturated carbocycles. The van der Waals surface area contributed by atoms with Crippen LogP contribution in [-0.2, 0) is 11.2 Å². The van der Waals surface area contributed by atoms with E-state index < -0.39 is 0 Å². The van der Waals surface area contributed by atoms with Gasteiger partial charge in [0.1, 0.15) is 11.4 Å². The van der Waals surface area contributed by atoms with Gasteiger partial charge < -0.3 is 19.7 Å². The lowest BCUT2D eigenvalue weighted by atomic mass is 9.95. The fraction of sp³-hybridized carbons (Fsp3) is 0.360.